The molecule has 0 aliphatic carbocycles. The zero-order valence-corrected chi connectivity index (χ0v) is 12.4. The fourth-order valence-corrected chi connectivity index (χ4v) is 1.19. The molecule has 82 valence electrons. The van der Waals surface area contributed by atoms with Gasteiger partial charge in [0.1, 0.15) is 0 Å². The number of hydrogen-bond donors (Lipinski definition) is 2. The first kappa shape index (κ1) is 18.4. The summed E-state index contributed by atoms with van der Waals surface area (Å²) in [6.45, 7) is 0. The van der Waals surface area contributed by atoms with Gasteiger partial charge in [0.25, 0.3) is 0 Å². The van der Waals surface area contributed by atoms with E-state index in [0.717, 1.165) is 0 Å². The average molecular weight is 271 g/mol. The fourth-order valence-electron chi connectivity index (χ4n) is 1.01. The maximum absolute atomic E-state index is 10.6. The molecule has 0 aliphatic heterocycles. The first-order valence-corrected chi connectivity index (χ1v) is 4.12. The normalized spacial score (nSPS) is 8.56. The van der Waals surface area contributed by atoms with E-state index >= 15 is 0 Å². The molecule has 0 saturated carbocycles. The Labute approximate surface area is 139 Å². The Morgan fingerprint density at radius 1 is 1.25 bits per heavy atom. The molecule has 0 atom stereocenters. The minimum absolute atomic E-state index is 0. The molecule has 7 heteroatoms. The van der Waals surface area contributed by atoms with Gasteiger partial charge in [-0.1, -0.05) is 11.6 Å². The monoisotopic (exact) mass is 270 g/mol. The second-order valence-electron chi connectivity index (χ2n) is 2.68. The third-order valence-electron chi connectivity index (χ3n) is 1.63. The molecular weight excluding hydrogens is 263 g/mol. The summed E-state index contributed by atoms with van der Waals surface area (Å²) >= 11 is 5.69. The van der Waals surface area contributed by atoms with Gasteiger partial charge in [0.15, 0.2) is 0 Å². The number of rotatable bonds is 3. The molecule has 1 aromatic carbocycles. The Kier molecular flexibility index (Phi) is 9.42. The number of aliphatic carboxylic acids is 1. The Bertz CT molecular complexity index is 393. The van der Waals surface area contributed by atoms with E-state index in [1.165, 1.54) is 18.2 Å². The number of benzene rings is 1. The van der Waals surface area contributed by atoms with E-state index in [2.05, 4.69) is 0 Å². The standard InChI is InChI=1S/C9H7ClO4.K.H2O/c10-7-2-1-5(9(13)14)3-6(7)4-8(11)12;;/h1-3H,4H2,(H,11,12)(H,13,14);;1H2/q;+1;/p-1. The molecule has 1 aromatic rings. The molecule has 0 fully saturated rings. The predicted octanol–water partition coefficient (Wildman–Crippen LogP) is -1.51. The first-order chi connectivity index (χ1) is 6.50. The molecule has 1 rings (SSSR count). The molecule has 0 heterocycles. The smallest absolute Gasteiger partial charge is 0.870 e. The average Bonchev–Trinajstić information content (AvgIpc) is 2.07. The van der Waals surface area contributed by atoms with Crippen molar-refractivity contribution in [2.75, 3.05) is 0 Å². The summed E-state index contributed by atoms with van der Waals surface area (Å²) in [7, 11) is 0. The quantitative estimate of drug-likeness (QED) is 0.650. The van der Waals surface area contributed by atoms with Crippen LogP contribution in [0, 0.1) is 0 Å². The molecule has 3 N–H and O–H groups in total. The summed E-state index contributed by atoms with van der Waals surface area (Å²) in [5.74, 6) is -2.15. The van der Waals surface area contributed by atoms with Crippen LogP contribution in [0.5, 0.6) is 0 Å². The summed E-state index contributed by atoms with van der Waals surface area (Å²) in [5.41, 5.74) is 0.338. The van der Waals surface area contributed by atoms with Crippen molar-refractivity contribution in [1.82, 2.24) is 0 Å². The fraction of sp³-hybridized carbons (Fsp3) is 0.111. The second-order valence-corrected chi connectivity index (χ2v) is 3.09. The SMILES string of the molecule is O=C(O)Cc1cc(C(=O)O)ccc1Cl.[K+].[OH-]. The molecule has 0 aromatic heterocycles. The van der Waals surface area contributed by atoms with Crippen molar-refractivity contribution in [2.24, 2.45) is 0 Å². The van der Waals surface area contributed by atoms with E-state index in [0.29, 0.717) is 5.56 Å². The van der Waals surface area contributed by atoms with Crippen LogP contribution in [0.25, 0.3) is 0 Å². The third-order valence-corrected chi connectivity index (χ3v) is 2.00. The largest absolute Gasteiger partial charge is 1.00 e. The van der Waals surface area contributed by atoms with Gasteiger partial charge in [-0.3, -0.25) is 4.79 Å². The number of carboxylic acids is 2. The molecule has 0 aliphatic rings. The van der Waals surface area contributed by atoms with Crippen molar-refractivity contribution >= 4 is 23.5 Å². The van der Waals surface area contributed by atoms with Crippen LogP contribution in [-0.4, -0.2) is 27.6 Å². The molecule has 0 amide bonds. The molecule has 5 nitrogen and oxygen atoms in total. The van der Waals surface area contributed by atoms with Crippen LogP contribution in [-0.2, 0) is 11.2 Å². The van der Waals surface area contributed by atoms with Crippen molar-refractivity contribution in [1.29, 1.82) is 0 Å². The van der Waals surface area contributed by atoms with Crippen molar-refractivity contribution in [3.05, 3.63) is 34.3 Å². The molecular formula is C9H8ClKO5. The van der Waals surface area contributed by atoms with Crippen LogP contribution in [0.1, 0.15) is 15.9 Å². The van der Waals surface area contributed by atoms with Gasteiger partial charge in [-0.05, 0) is 23.8 Å². The summed E-state index contributed by atoms with van der Waals surface area (Å²) < 4.78 is 0. The maximum atomic E-state index is 10.6. The molecule has 0 radical (unpaired) electrons. The van der Waals surface area contributed by atoms with E-state index in [9.17, 15) is 9.59 Å². The number of carbonyl (C=O) groups is 2. The van der Waals surface area contributed by atoms with Crippen LogP contribution in [0.4, 0.5) is 0 Å². The van der Waals surface area contributed by atoms with Crippen molar-refractivity contribution in [2.45, 2.75) is 6.42 Å². The predicted molar refractivity (Wildman–Crippen MR) is 51.7 cm³/mol. The van der Waals surface area contributed by atoms with Crippen molar-refractivity contribution in [3.8, 4) is 0 Å². The Morgan fingerprint density at radius 3 is 2.25 bits per heavy atom. The topological polar surface area (TPSA) is 105 Å². The molecule has 16 heavy (non-hydrogen) atoms. The van der Waals surface area contributed by atoms with Crippen LogP contribution in [0.3, 0.4) is 0 Å². The summed E-state index contributed by atoms with van der Waals surface area (Å²) in [6.07, 6.45) is -0.278. The van der Waals surface area contributed by atoms with Gasteiger partial charge in [-0.2, -0.15) is 0 Å². The second kappa shape index (κ2) is 8.18. The number of aromatic carboxylic acids is 1. The van der Waals surface area contributed by atoms with E-state index in [1.54, 1.807) is 0 Å². The summed E-state index contributed by atoms with van der Waals surface area (Å²) in [6, 6.07) is 3.97. The summed E-state index contributed by atoms with van der Waals surface area (Å²) in [4.78, 5) is 21.0. The minimum Gasteiger partial charge on any atom is -0.870 e. The van der Waals surface area contributed by atoms with Crippen molar-refractivity contribution in [3.63, 3.8) is 0 Å². The third kappa shape index (κ3) is 5.40. The summed E-state index contributed by atoms with van der Waals surface area (Å²) in [5, 5.41) is 17.4. The first-order valence-electron chi connectivity index (χ1n) is 3.74. The number of halogens is 1. The van der Waals surface area contributed by atoms with Crippen LogP contribution in [0.15, 0.2) is 18.2 Å². The minimum atomic E-state index is -1.10. The van der Waals surface area contributed by atoms with Gasteiger partial charge >= 0.3 is 63.3 Å². The van der Waals surface area contributed by atoms with Gasteiger partial charge in [0, 0.05) is 5.02 Å². The van der Waals surface area contributed by atoms with Gasteiger partial charge in [0.2, 0.25) is 0 Å². The molecule has 0 saturated heterocycles. The number of hydrogen-bond acceptors (Lipinski definition) is 3. The van der Waals surface area contributed by atoms with Crippen molar-refractivity contribution < 1.29 is 76.7 Å². The van der Waals surface area contributed by atoms with E-state index < -0.39 is 11.9 Å². The van der Waals surface area contributed by atoms with Gasteiger partial charge < -0.3 is 15.7 Å². The molecule has 0 unspecified atom stereocenters. The van der Waals surface area contributed by atoms with Crippen LogP contribution < -0.4 is 51.4 Å². The molecule has 0 bridgehead atoms. The Hall–Kier alpha value is 0.0464. The Balaban J connectivity index is 0. The number of carboxylic acid groups (broad SMARTS) is 2. The van der Waals surface area contributed by atoms with Gasteiger partial charge in [-0.25, -0.2) is 4.79 Å². The van der Waals surface area contributed by atoms with Gasteiger partial charge in [0.05, 0.1) is 12.0 Å². The van der Waals surface area contributed by atoms with E-state index in [4.69, 9.17) is 21.8 Å². The van der Waals surface area contributed by atoms with Crippen LogP contribution >= 0.6 is 11.6 Å². The zero-order valence-electron chi connectivity index (χ0n) is 8.48. The Morgan fingerprint density at radius 2 is 1.81 bits per heavy atom. The zero-order chi connectivity index (χ0) is 10.7. The van der Waals surface area contributed by atoms with Crippen LogP contribution in [0.2, 0.25) is 5.02 Å². The maximum Gasteiger partial charge on any atom is 1.00 e. The van der Waals surface area contributed by atoms with E-state index in [1.807, 2.05) is 0 Å². The van der Waals surface area contributed by atoms with E-state index in [-0.39, 0.29) is 73.9 Å². The van der Waals surface area contributed by atoms with Gasteiger partial charge in [-0.15, -0.1) is 0 Å². The molecule has 0 spiro atoms.